The van der Waals surface area contributed by atoms with Crippen molar-refractivity contribution in [3.8, 4) is 0 Å². The number of aromatic nitrogens is 1. The molecule has 2 aliphatic rings. The minimum atomic E-state index is -0.193. The highest BCUT2D eigenvalue weighted by Crippen LogP contribution is 2.14. The van der Waals surface area contributed by atoms with E-state index in [0.29, 0.717) is 6.61 Å². The van der Waals surface area contributed by atoms with E-state index in [0.717, 1.165) is 50.0 Å². The molecule has 0 aromatic carbocycles. The van der Waals surface area contributed by atoms with Gasteiger partial charge in [0.1, 0.15) is 6.04 Å². The molecule has 0 bridgehead atoms. The Morgan fingerprint density at radius 2 is 2.00 bits per heavy atom. The topological polar surface area (TPSA) is 57.7 Å². The molecular formula is C15H27Cl3N4O2S. The molecule has 0 unspecified atom stereocenters. The average molecular weight is 434 g/mol. The predicted octanol–water partition coefficient (Wildman–Crippen LogP) is 1.74. The lowest BCUT2D eigenvalue weighted by Crippen LogP contribution is -2.59. The lowest BCUT2D eigenvalue weighted by Gasteiger charge is -2.38. The van der Waals surface area contributed by atoms with Gasteiger partial charge in [-0.3, -0.25) is 9.69 Å². The van der Waals surface area contributed by atoms with Crippen LogP contribution >= 0.6 is 48.6 Å². The van der Waals surface area contributed by atoms with Gasteiger partial charge in [-0.2, -0.15) is 0 Å². The molecular weight excluding hydrogens is 407 g/mol. The van der Waals surface area contributed by atoms with E-state index < -0.39 is 0 Å². The van der Waals surface area contributed by atoms with E-state index in [4.69, 9.17) is 4.74 Å². The SMILES string of the molecule is Cc1nc(CN2CCN(C(=O)[C@H]3NCCO[C@@H]3C)CC2)cs1.Cl.Cl.Cl. The van der Waals surface area contributed by atoms with Gasteiger partial charge in [-0.25, -0.2) is 4.98 Å². The Kier molecular flexibility index (Phi) is 11.5. The van der Waals surface area contributed by atoms with Crippen molar-refractivity contribution >= 4 is 54.5 Å². The van der Waals surface area contributed by atoms with Crippen molar-refractivity contribution in [3.63, 3.8) is 0 Å². The number of carbonyl (C=O) groups excluding carboxylic acids is 1. The Labute approximate surface area is 171 Å². The second kappa shape index (κ2) is 11.5. The van der Waals surface area contributed by atoms with Crippen LogP contribution in [0.4, 0.5) is 0 Å². The van der Waals surface area contributed by atoms with Gasteiger partial charge in [0.15, 0.2) is 0 Å². The van der Waals surface area contributed by atoms with E-state index in [-0.39, 0.29) is 55.3 Å². The summed E-state index contributed by atoms with van der Waals surface area (Å²) in [5.41, 5.74) is 1.14. The minimum absolute atomic E-state index is 0. The fourth-order valence-electron chi connectivity index (χ4n) is 3.04. The molecule has 0 saturated carbocycles. The number of carbonyl (C=O) groups is 1. The second-order valence-electron chi connectivity index (χ2n) is 5.97. The molecule has 2 fully saturated rings. The molecule has 0 radical (unpaired) electrons. The summed E-state index contributed by atoms with van der Waals surface area (Å²) >= 11 is 1.69. The number of hydrogen-bond acceptors (Lipinski definition) is 6. The van der Waals surface area contributed by atoms with E-state index in [1.807, 2.05) is 18.7 Å². The van der Waals surface area contributed by atoms with E-state index in [1.165, 1.54) is 0 Å². The zero-order valence-electron chi connectivity index (χ0n) is 14.5. The Bertz CT molecular complexity index is 527. The van der Waals surface area contributed by atoms with E-state index in [1.54, 1.807) is 11.3 Å². The van der Waals surface area contributed by atoms with Crippen LogP contribution in [0.5, 0.6) is 0 Å². The first-order valence-electron chi connectivity index (χ1n) is 7.90. The Morgan fingerprint density at radius 3 is 2.56 bits per heavy atom. The molecule has 1 N–H and O–H groups in total. The third kappa shape index (κ3) is 6.50. The van der Waals surface area contributed by atoms with Crippen molar-refractivity contribution in [3.05, 3.63) is 16.1 Å². The highest BCUT2D eigenvalue weighted by molar-refractivity contribution is 7.09. The zero-order valence-corrected chi connectivity index (χ0v) is 17.7. The van der Waals surface area contributed by atoms with Crippen LogP contribution in [0.15, 0.2) is 5.38 Å². The summed E-state index contributed by atoms with van der Waals surface area (Å²) in [6, 6.07) is -0.193. The lowest BCUT2D eigenvalue weighted by atomic mass is 10.1. The largest absolute Gasteiger partial charge is 0.375 e. The third-order valence-electron chi connectivity index (χ3n) is 4.32. The maximum Gasteiger partial charge on any atom is 0.242 e. The Morgan fingerprint density at radius 1 is 1.32 bits per heavy atom. The molecule has 3 rings (SSSR count). The van der Waals surface area contributed by atoms with Gasteiger partial charge in [0, 0.05) is 44.6 Å². The number of amides is 1. The summed E-state index contributed by atoms with van der Waals surface area (Å²) in [4.78, 5) is 21.4. The molecule has 0 spiro atoms. The van der Waals surface area contributed by atoms with Gasteiger partial charge in [0.2, 0.25) is 5.91 Å². The van der Waals surface area contributed by atoms with Gasteiger partial charge in [0.05, 0.1) is 23.4 Å². The monoisotopic (exact) mass is 432 g/mol. The van der Waals surface area contributed by atoms with Gasteiger partial charge in [-0.1, -0.05) is 0 Å². The summed E-state index contributed by atoms with van der Waals surface area (Å²) in [7, 11) is 0. The number of aryl methyl sites for hydroxylation is 1. The fourth-order valence-corrected chi connectivity index (χ4v) is 3.65. The number of morpholine rings is 1. The van der Waals surface area contributed by atoms with Crippen LogP contribution in [0.1, 0.15) is 17.6 Å². The fraction of sp³-hybridized carbons (Fsp3) is 0.733. The van der Waals surface area contributed by atoms with Crippen molar-refractivity contribution < 1.29 is 9.53 Å². The van der Waals surface area contributed by atoms with Crippen LogP contribution < -0.4 is 5.32 Å². The number of thiazole rings is 1. The highest BCUT2D eigenvalue weighted by atomic mass is 35.5. The van der Waals surface area contributed by atoms with Crippen LogP contribution in [0.2, 0.25) is 0 Å². The van der Waals surface area contributed by atoms with Crippen molar-refractivity contribution in [2.75, 3.05) is 39.3 Å². The molecule has 10 heteroatoms. The predicted molar refractivity (Wildman–Crippen MR) is 108 cm³/mol. The molecule has 3 heterocycles. The number of piperazine rings is 1. The van der Waals surface area contributed by atoms with Gasteiger partial charge in [0.25, 0.3) is 0 Å². The maximum atomic E-state index is 12.6. The van der Waals surface area contributed by atoms with Crippen molar-refractivity contribution in [2.45, 2.75) is 32.5 Å². The number of hydrogen-bond donors (Lipinski definition) is 1. The van der Waals surface area contributed by atoms with Crippen LogP contribution in [-0.4, -0.2) is 72.2 Å². The summed E-state index contributed by atoms with van der Waals surface area (Å²) < 4.78 is 5.58. The Balaban J connectivity index is 0.00000192. The van der Waals surface area contributed by atoms with Gasteiger partial charge in [-0.15, -0.1) is 48.6 Å². The summed E-state index contributed by atoms with van der Waals surface area (Å²) in [5.74, 6) is 0.177. The van der Waals surface area contributed by atoms with Crippen LogP contribution in [-0.2, 0) is 16.1 Å². The molecule has 1 amide bonds. The molecule has 146 valence electrons. The number of rotatable bonds is 3. The molecule has 1 aromatic heterocycles. The maximum absolute atomic E-state index is 12.6. The molecule has 2 saturated heterocycles. The van der Waals surface area contributed by atoms with Crippen LogP contribution in [0, 0.1) is 6.92 Å². The van der Waals surface area contributed by atoms with Gasteiger partial charge in [-0.05, 0) is 13.8 Å². The molecule has 0 aliphatic carbocycles. The van der Waals surface area contributed by atoms with Crippen LogP contribution in [0.25, 0.3) is 0 Å². The van der Waals surface area contributed by atoms with Gasteiger partial charge >= 0.3 is 0 Å². The standard InChI is InChI=1S/C15H24N4O2S.3ClH/c1-11-14(16-3-8-21-11)15(20)19-6-4-18(5-7-19)9-13-10-22-12(2)17-13;;;/h10-11,14,16H,3-9H2,1-2H3;3*1H/t11-,14+;;;/m1.../s1. The molecule has 2 aliphatic heterocycles. The smallest absolute Gasteiger partial charge is 0.242 e. The lowest BCUT2D eigenvalue weighted by molar-refractivity contribution is -0.141. The molecule has 25 heavy (non-hydrogen) atoms. The quantitative estimate of drug-likeness (QED) is 0.787. The first-order valence-corrected chi connectivity index (χ1v) is 8.78. The summed E-state index contributed by atoms with van der Waals surface area (Å²) in [6.45, 7) is 9.71. The molecule has 2 atom stereocenters. The summed E-state index contributed by atoms with van der Waals surface area (Å²) in [6.07, 6.45) is -0.0442. The van der Waals surface area contributed by atoms with Crippen molar-refractivity contribution in [1.29, 1.82) is 0 Å². The van der Waals surface area contributed by atoms with E-state index in [2.05, 4.69) is 20.6 Å². The van der Waals surface area contributed by atoms with Crippen molar-refractivity contribution in [1.82, 2.24) is 20.1 Å². The number of nitrogens with one attached hydrogen (secondary N) is 1. The Hall–Kier alpha value is -0.150. The second-order valence-corrected chi connectivity index (χ2v) is 7.03. The van der Waals surface area contributed by atoms with Crippen LogP contribution in [0.3, 0.4) is 0 Å². The van der Waals surface area contributed by atoms with E-state index >= 15 is 0 Å². The third-order valence-corrected chi connectivity index (χ3v) is 5.14. The van der Waals surface area contributed by atoms with Crippen molar-refractivity contribution in [2.24, 2.45) is 0 Å². The first-order chi connectivity index (χ1) is 10.6. The normalized spacial score (nSPS) is 23.8. The number of nitrogens with zero attached hydrogens (tertiary/aromatic N) is 3. The minimum Gasteiger partial charge on any atom is -0.375 e. The first kappa shape index (κ1) is 24.8. The molecule has 6 nitrogen and oxygen atoms in total. The summed E-state index contributed by atoms with van der Waals surface area (Å²) in [5, 5.41) is 6.52. The van der Waals surface area contributed by atoms with Gasteiger partial charge < -0.3 is 15.0 Å². The number of halogens is 3. The zero-order chi connectivity index (χ0) is 15.5. The number of ether oxygens (including phenoxy) is 1. The molecule has 1 aromatic rings. The average Bonchev–Trinajstić information content (AvgIpc) is 2.93. The van der Waals surface area contributed by atoms with E-state index in [9.17, 15) is 4.79 Å². The highest BCUT2D eigenvalue weighted by Gasteiger charge is 2.33.